The average Bonchev–Trinajstić information content (AvgIpc) is 1.87. The molecule has 0 atom stereocenters. The highest BCUT2D eigenvalue weighted by atomic mass is 32.2. The third-order valence-corrected chi connectivity index (χ3v) is 1.64. The van der Waals surface area contributed by atoms with Gasteiger partial charge in [0.1, 0.15) is 0 Å². The largest absolute Gasteiger partial charge is 0.342 e. The van der Waals surface area contributed by atoms with Crippen molar-refractivity contribution in [3.8, 4) is 0 Å². The summed E-state index contributed by atoms with van der Waals surface area (Å²) in [7, 11) is 3.87. The Morgan fingerprint density at radius 1 is 1.50 bits per heavy atom. The summed E-state index contributed by atoms with van der Waals surface area (Å²) in [6.07, 6.45) is 1.90. The number of nitrogens with zero attached hydrogens (tertiary/aromatic N) is 2. The highest BCUT2D eigenvalue weighted by Crippen LogP contribution is 1.84. The minimum absolute atomic E-state index is 0.603. The maximum Gasteiger partial charge on any atom is 0.342 e. The number of amidine groups is 2. The van der Waals surface area contributed by atoms with Crippen molar-refractivity contribution < 1.29 is 0 Å². The molecule has 0 saturated heterocycles. The summed E-state index contributed by atoms with van der Waals surface area (Å²) in [4.78, 5) is 1.92. The van der Waals surface area contributed by atoms with Crippen molar-refractivity contribution in [1.82, 2.24) is 9.57 Å². The van der Waals surface area contributed by atoms with Gasteiger partial charge in [0.2, 0.25) is 0 Å². The van der Waals surface area contributed by atoms with Crippen molar-refractivity contribution >= 4 is 22.8 Å². The SMILES string of the molecule is CSC(N)=[N+]=C(C)N(C)C. The van der Waals surface area contributed by atoms with E-state index < -0.39 is 0 Å². The predicted octanol–water partition coefficient (Wildman–Crippen LogP) is -0.289. The average molecular weight is 160 g/mol. The van der Waals surface area contributed by atoms with Gasteiger partial charge in [0.05, 0.1) is 14.1 Å². The van der Waals surface area contributed by atoms with Crippen molar-refractivity contribution in [1.29, 1.82) is 0 Å². The monoisotopic (exact) mass is 160 g/mol. The molecule has 0 bridgehead atoms. The Balaban J connectivity index is 4.40. The lowest BCUT2D eigenvalue weighted by Gasteiger charge is -1.99. The third kappa shape index (κ3) is 3.43. The lowest BCUT2D eigenvalue weighted by atomic mass is 10.6. The fraction of sp³-hybridized carbons (Fsp3) is 0.667. The maximum atomic E-state index is 5.48. The second-order valence-corrected chi connectivity index (χ2v) is 2.92. The summed E-state index contributed by atoms with van der Waals surface area (Å²) in [6.45, 7) is 1.92. The Bertz CT molecular complexity index is 168. The second-order valence-electron chi connectivity index (χ2n) is 2.10. The molecule has 0 saturated carbocycles. The van der Waals surface area contributed by atoms with Crippen LogP contribution >= 0.6 is 11.8 Å². The van der Waals surface area contributed by atoms with Crippen LogP contribution in [0.5, 0.6) is 0 Å². The molecule has 0 rings (SSSR count). The quantitative estimate of drug-likeness (QED) is 0.301. The molecular weight excluding hydrogens is 146 g/mol. The van der Waals surface area contributed by atoms with Gasteiger partial charge in [-0.25, -0.2) is 4.67 Å². The molecule has 0 heterocycles. The minimum atomic E-state index is 0.603. The first kappa shape index (κ1) is 9.40. The van der Waals surface area contributed by atoms with Crippen molar-refractivity contribution in [2.75, 3.05) is 20.4 Å². The van der Waals surface area contributed by atoms with Gasteiger partial charge in [-0.15, -0.1) is 0 Å². The number of thioether (sulfide) groups is 1. The molecule has 58 valence electrons. The van der Waals surface area contributed by atoms with Gasteiger partial charge in [-0.1, -0.05) is 0 Å². The highest BCUT2D eigenvalue weighted by molar-refractivity contribution is 8.13. The number of nitrogens with two attached hydrogens (primary N) is 1. The van der Waals surface area contributed by atoms with Crippen LogP contribution in [0, 0.1) is 0 Å². The first-order chi connectivity index (χ1) is 4.57. The summed E-state index contributed by atoms with van der Waals surface area (Å²) in [5.74, 6) is 0.923. The molecule has 10 heavy (non-hydrogen) atoms. The van der Waals surface area contributed by atoms with Crippen molar-refractivity contribution in [3.63, 3.8) is 0 Å². The molecule has 0 aromatic carbocycles. The van der Waals surface area contributed by atoms with Crippen LogP contribution in [0.1, 0.15) is 6.92 Å². The molecule has 0 aromatic rings. The summed E-state index contributed by atoms with van der Waals surface area (Å²) in [5, 5.41) is 0.603. The topological polar surface area (TPSA) is 43.4 Å². The van der Waals surface area contributed by atoms with Gasteiger partial charge in [-0.2, -0.15) is 0 Å². The summed E-state index contributed by atoms with van der Waals surface area (Å²) in [6, 6.07) is 0. The van der Waals surface area contributed by atoms with E-state index in [9.17, 15) is 0 Å². The Labute approximate surface area is 66.0 Å². The maximum absolute atomic E-state index is 5.48. The molecule has 3 nitrogen and oxygen atoms in total. The molecule has 0 radical (unpaired) electrons. The molecule has 0 unspecified atom stereocenters. The Hall–Kier alpha value is -0.600. The van der Waals surface area contributed by atoms with Gasteiger partial charge in [0.15, 0.2) is 0 Å². The molecule has 0 aliphatic heterocycles. The zero-order valence-corrected chi connectivity index (χ0v) is 7.70. The molecule has 0 amide bonds. The molecule has 0 aliphatic carbocycles. The van der Waals surface area contributed by atoms with Crippen molar-refractivity contribution in [2.45, 2.75) is 6.92 Å². The molecule has 0 aromatic heterocycles. The lowest BCUT2D eigenvalue weighted by molar-refractivity contribution is 0.618. The van der Waals surface area contributed by atoms with E-state index >= 15 is 0 Å². The molecule has 4 heteroatoms. The standard InChI is InChI=1S/C6H13N3S/c1-5(9(2)3)8-6(7)10-4/h7H,1-4H3/p+1. The fourth-order valence-corrected chi connectivity index (χ4v) is 0.529. The van der Waals surface area contributed by atoms with Crippen LogP contribution in [0.15, 0.2) is 0 Å². The van der Waals surface area contributed by atoms with E-state index in [1.165, 1.54) is 11.8 Å². The van der Waals surface area contributed by atoms with Gasteiger partial charge >= 0.3 is 5.17 Å². The molecule has 2 N–H and O–H groups in total. The van der Waals surface area contributed by atoms with Crippen LogP contribution in [0.2, 0.25) is 0 Å². The molecule has 0 fully saturated rings. The van der Waals surface area contributed by atoms with E-state index in [2.05, 4.69) is 4.67 Å². The van der Waals surface area contributed by atoms with Gasteiger partial charge in [-0.3, -0.25) is 10.6 Å². The van der Waals surface area contributed by atoms with E-state index in [1.807, 2.05) is 32.2 Å². The first-order valence-corrected chi connectivity index (χ1v) is 4.19. The fourth-order valence-electron chi connectivity index (χ4n) is 0.305. The van der Waals surface area contributed by atoms with E-state index in [0.29, 0.717) is 5.17 Å². The van der Waals surface area contributed by atoms with Crippen molar-refractivity contribution in [3.05, 3.63) is 0 Å². The number of rotatable bonds is 0. The predicted molar refractivity (Wildman–Crippen MR) is 49.2 cm³/mol. The zero-order chi connectivity index (χ0) is 8.15. The van der Waals surface area contributed by atoms with Crippen LogP contribution in [0.3, 0.4) is 0 Å². The smallest absolute Gasteiger partial charge is 0.300 e. The van der Waals surface area contributed by atoms with Gasteiger partial charge in [0.25, 0.3) is 5.84 Å². The van der Waals surface area contributed by atoms with Gasteiger partial charge in [-0.05, 0) is 18.0 Å². The van der Waals surface area contributed by atoms with Crippen LogP contribution in [0.4, 0.5) is 0 Å². The van der Waals surface area contributed by atoms with E-state index in [4.69, 9.17) is 5.73 Å². The molecular formula is C6H14N3S+. The summed E-state index contributed by atoms with van der Waals surface area (Å²) in [5.41, 5.74) is 5.48. The summed E-state index contributed by atoms with van der Waals surface area (Å²) >= 11 is 1.45. The summed E-state index contributed by atoms with van der Waals surface area (Å²) < 4.78 is 4.09. The van der Waals surface area contributed by atoms with E-state index in [0.717, 1.165) is 5.84 Å². The Kier molecular flexibility index (Phi) is 4.00. The van der Waals surface area contributed by atoms with Crippen LogP contribution in [-0.4, -0.2) is 36.3 Å². The number of hydrogen-bond acceptors (Lipinski definition) is 1. The third-order valence-electron chi connectivity index (χ3n) is 1.13. The molecule has 0 aliphatic rings. The lowest BCUT2D eigenvalue weighted by Crippen LogP contribution is -2.24. The molecule has 0 spiro atoms. The second kappa shape index (κ2) is 4.25. The Morgan fingerprint density at radius 2 is 2.00 bits per heavy atom. The number of hydrogen-bond donors (Lipinski definition) is 1. The zero-order valence-electron chi connectivity index (χ0n) is 6.88. The van der Waals surface area contributed by atoms with Crippen molar-refractivity contribution in [2.24, 2.45) is 5.73 Å². The van der Waals surface area contributed by atoms with Crippen LogP contribution in [-0.2, 0) is 0 Å². The van der Waals surface area contributed by atoms with E-state index in [1.54, 1.807) is 0 Å². The van der Waals surface area contributed by atoms with Gasteiger partial charge in [0, 0.05) is 6.92 Å². The Morgan fingerprint density at radius 3 is 2.30 bits per heavy atom. The van der Waals surface area contributed by atoms with E-state index in [-0.39, 0.29) is 0 Å². The van der Waals surface area contributed by atoms with Gasteiger partial charge < -0.3 is 0 Å². The van der Waals surface area contributed by atoms with Crippen LogP contribution in [0.25, 0.3) is 0 Å². The normalized spacial score (nSPS) is 8.40. The first-order valence-electron chi connectivity index (χ1n) is 2.97. The minimum Gasteiger partial charge on any atom is -0.300 e. The van der Waals surface area contributed by atoms with Crippen LogP contribution < -0.4 is 10.4 Å². The highest BCUT2D eigenvalue weighted by Gasteiger charge is 1.99.